The van der Waals surface area contributed by atoms with Gasteiger partial charge in [0.1, 0.15) is 11.6 Å². The lowest BCUT2D eigenvalue weighted by atomic mass is 10.2. The van der Waals surface area contributed by atoms with Crippen LogP contribution in [0.15, 0.2) is 16.6 Å². The van der Waals surface area contributed by atoms with E-state index in [0.717, 1.165) is 31.4 Å². The van der Waals surface area contributed by atoms with Crippen molar-refractivity contribution >= 4 is 21.6 Å². The number of anilines is 1. The van der Waals surface area contributed by atoms with E-state index in [-0.39, 0.29) is 16.8 Å². The first-order chi connectivity index (χ1) is 7.65. The zero-order valence-electron chi connectivity index (χ0n) is 8.77. The van der Waals surface area contributed by atoms with Crippen LogP contribution in [0.1, 0.15) is 19.3 Å². The van der Waals surface area contributed by atoms with E-state index < -0.39 is 11.6 Å². The Labute approximate surface area is 102 Å². The molecule has 2 N–H and O–H groups in total. The van der Waals surface area contributed by atoms with Crippen molar-refractivity contribution < 1.29 is 13.9 Å². The molecule has 16 heavy (non-hydrogen) atoms. The number of benzene rings is 1. The van der Waals surface area contributed by atoms with Crippen LogP contribution in [0.4, 0.5) is 14.5 Å². The molecule has 0 saturated heterocycles. The van der Waals surface area contributed by atoms with E-state index in [2.05, 4.69) is 21.2 Å². The van der Waals surface area contributed by atoms with Gasteiger partial charge >= 0.3 is 0 Å². The highest BCUT2D eigenvalue weighted by molar-refractivity contribution is 9.10. The van der Waals surface area contributed by atoms with Gasteiger partial charge < -0.3 is 10.4 Å². The van der Waals surface area contributed by atoms with E-state index in [4.69, 9.17) is 5.11 Å². The standard InChI is InChI=1S/C11H14BrF2NO/c12-8-6-10(14)11(7-9(8)13)15-4-2-1-3-5-16/h6-7,15-16H,1-5H2. The van der Waals surface area contributed by atoms with Gasteiger partial charge in [0.05, 0.1) is 10.2 Å². The van der Waals surface area contributed by atoms with Crippen LogP contribution in [0.3, 0.4) is 0 Å². The predicted molar refractivity (Wildman–Crippen MR) is 63.5 cm³/mol. The molecule has 2 nitrogen and oxygen atoms in total. The molecule has 5 heteroatoms. The number of rotatable bonds is 6. The number of hydrogen-bond acceptors (Lipinski definition) is 2. The van der Waals surface area contributed by atoms with Crippen molar-refractivity contribution in [1.82, 2.24) is 0 Å². The Balaban J connectivity index is 2.45. The molecule has 0 aliphatic carbocycles. The lowest BCUT2D eigenvalue weighted by molar-refractivity contribution is 0.283. The molecule has 0 heterocycles. The Hall–Kier alpha value is -0.680. The zero-order chi connectivity index (χ0) is 12.0. The zero-order valence-corrected chi connectivity index (χ0v) is 10.4. The molecule has 0 aromatic heterocycles. The average Bonchev–Trinajstić information content (AvgIpc) is 2.25. The molecule has 0 aliphatic rings. The fraction of sp³-hybridized carbons (Fsp3) is 0.455. The van der Waals surface area contributed by atoms with Crippen LogP contribution < -0.4 is 5.32 Å². The molecule has 0 bridgehead atoms. The van der Waals surface area contributed by atoms with Gasteiger partial charge in [0, 0.05) is 19.2 Å². The maximum Gasteiger partial charge on any atom is 0.147 e. The van der Waals surface area contributed by atoms with Crippen LogP contribution in [-0.2, 0) is 0 Å². The number of halogens is 3. The van der Waals surface area contributed by atoms with E-state index in [1.807, 2.05) is 0 Å². The molecule has 0 aliphatic heterocycles. The van der Waals surface area contributed by atoms with E-state index in [1.54, 1.807) is 0 Å². The minimum absolute atomic E-state index is 0.121. The average molecular weight is 294 g/mol. The number of nitrogens with one attached hydrogen (secondary N) is 1. The molecule has 0 fully saturated rings. The Morgan fingerprint density at radius 2 is 1.88 bits per heavy atom. The van der Waals surface area contributed by atoms with Crippen LogP contribution in [-0.4, -0.2) is 18.3 Å². The third kappa shape index (κ3) is 4.06. The first kappa shape index (κ1) is 13.4. The number of unbranched alkanes of at least 4 members (excludes halogenated alkanes) is 2. The summed E-state index contributed by atoms with van der Waals surface area (Å²) in [6.45, 7) is 0.735. The molecular formula is C11H14BrF2NO. The largest absolute Gasteiger partial charge is 0.396 e. The second kappa shape index (κ2) is 6.81. The van der Waals surface area contributed by atoms with Crippen LogP contribution in [0.25, 0.3) is 0 Å². The molecule has 0 atom stereocenters. The van der Waals surface area contributed by atoms with Gasteiger partial charge in [-0.1, -0.05) is 0 Å². The second-order valence-corrected chi connectivity index (χ2v) is 4.31. The van der Waals surface area contributed by atoms with Gasteiger partial charge in [-0.2, -0.15) is 0 Å². The topological polar surface area (TPSA) is 32.3 Å². The Bertz CT molecular complexity index is 347. The Morgan fingerprint density at radius 3 is 2.56 bits per heavy atom. The maximum atomic E-state index is 13.3. The SMILES string of the molecule is OCCCCCNc1cc(F)c(Br)cc1F. The summed E-state index contributed by atoms with van der Waals surface area (Å²) in [6.07, 6.45) is 2.42. The summed E-state index contributed by atoms with van der Waals surface area (Å²) in [4.78, 5) is 0. The lowest BCUT2D eigenvalue weighted by Crippen LogP contribution is -2.04. The van der Waals surface area contributed by atoms with Crippen molar-refractivity contribution in [3.05, 3.63) is 28.2 Å². The first-order valence-electron chi connectivity index (χ1n) is 5.14. The molecule has 0 radical (unpaired) electrons. The molecule has 0 saturated carbocycles. The minimum atomic E-state index is -0.487. The normalized spacial score (nSPS) is 10.5. The number of aliphatic hydroxyl groups excluding tert-OH is 1. The summed E-state index contributed by atoms with van der Waals surface area (Å²) in [5.41, 5.74) is 0.171. The van der Waals surface area contributed by atoms with Gasteiger partial charge in [-0.25, -0.2) is 8.78 Å². The summed E-state index contributed by atoms with van der Waals surface area (Å²) < 4.78 is 26.5. The van der Waals surface area contributed by atoms with E-state index in [1.165, 1.54) is 0 Å². The quantitative estimate of drug-likeness (QED) is 0.623. The van der Waals surface area contributed by atoms with Crippen LogP contribution in [0.5, 0.6) is 0 Å². The summed E-state index contributed by atoms with van der Waals surface area (Å²) in [6, 6.07) is 2.23. The molecular weight excluding hydrogens is 280 g/mol. The molecule has 1 aromatic rings. The van der Waals surface area contributed by atoms with Gasteiger partial charge in [-0.05, 0) is 41.3 Å². The van der Waals surface area contributed by atoms with Gasteiger partial charge in [0.25, 0.3) is 0 Å². The fourth-order valence-electron chi connectivity index (χ4n) is 1.29. The monoisotopic (exact) mass is 293 g/mol. The molecule has 0 spiro atoms. The maximum absolute atomic E-state index is 13.3. The third-order valence-electron chi connectivity index (χ3n) is 2.16. The lowest BCUT2D eigenvalue weighted by Gasteiger charge is -2.08. The van der Waals surface area contributed by atoms with E-state index in [0.29, 0.717) is 6.54 Å². The van der Waals surface area contributed by atoms with Crippen LogP contribution in [0.2, 0.25) is 0 Å². The molecule has 0 amide bonds. The second-order valence-electron chi connectivity index (χ2n) is 3.46. The van der Waals surface area contributed by atoms with Gasteiger partial charge in [-0.3, -0.25) is 0 Å². The summed E-state index contributed by atoms with van der Waals surface area (Å²) in [7, 11) is 0. The van der Waals surface area contributed by atoms with Crippen LogP contribution >= 0.6 is 15.9 Å². The number of hydrogen-bond donors (Lipinski definition) is 2. The molecule has 0 unspecified atom stereocenters. The molecule has 1 aromatic carbocycles. The van der Waals surface area contributed by atoms with Gasteiger partial charge in [0.15, 0.2) is 0 Å². The van der Waals surface area contributed by atoms with Crippen molar-refractivity contribution in [1.29, 1.82) is 0 Å². The highest BCUT2D eigenvalue weighted by atomic mass is 79.9. The molecule has 90 valence electrons. The predicted octanol–water partition coefficient (Wildman–Crippen LogP) is 3.30. The fourth-order valence-corrected chi connectivity index (χ4v) is 1.61. The van der Waals surface area contributed by atoms with Crippen molar-refractivity contribution in [2.75, 3.05) is 18.5 Å². The molecule has 1 rings (SSSR count). The van der Waals surface area contributed by atoms with E-state index >= 15 is 0 Å². The van der Waals surface area contributed by atoms with Crippen molar-refractivity contribution in [2.24, 2.45) is 0 Å². The highest BCUT2D eigenvalue weighted by Gasteiger charge is 2.07. The first-order valence-corrected chi connectivity index (χ1v) is 5.93. The Morgan fingerprint density at radius 1 is 1.12 bits per heavy atom. The van der Waals surface area contributed by atoms with Gasteiger partial charge in [0.2, 0.25) is 0 Å². The van der Waals surface area contributed by atoms with Crippen molar-refractivity contribution in [3.8, 4) is 0 Å². The Kier molecular flexibility index (Phi) is 5.69. The minimum Gasteiger partial charge on any atom is -0.396 e. The summed E-state index contributed by atoms with van der Waals surface area (Å²) in [5.74, 6) is -0.963. The van der Waals surface area contributed by atoms with Gasteiger partial charge in [-0.15, -0.1) is 0 Å². The third-order valence-corrected chi connectivity index (χ3v) is 2.77. The van der Waals surface area contributed by atoms with Crippen molar-refractivity contribution in [3.63, 3.8) is 0 Å². The number of aliphatic hydroxyl groups is 1. The van der Waals surface area contributed by atoms with Crippen LogP contribution in [0, 0.1) is 11.6 Å². The highest BCUT2D eigenvalue weighted by Crippen LogP contribution is 2.23. The smallest absolute Gasteiger partial charge is 0.147 e. The van der Waals surface area contributed by atoms with Crippen molar-refractivity contribution in [2.45, 2.75) is 19.3 Å². The summed E-state index contributed by atoms with van der Waals surface area (Å²) in [5, 5.41) is 11.4. The summed E-state index contributed by atoms with van der Waals surface area (Å²) >= 11 is 2.91. The van der Waals surface area contributed by atoms with E-state index in [9.17, 15) is 8.78 Å².